The summed E-state index contributed by atoms with van der Waals surface area (Å²) in [5, 5.41) is 14.4. The zero-order valence-corrected chi connectivity index (χ0v) is 15.4. The Bertz CT molecular complexity index is 876. The second-order valence-electron chi connectivity index (χ2n) is 5.06. The monoisotopic (exact) mass is 379 g/mol. The molecule has 9 heteroatoms. The standard InChI is InChI=1S/C15H14ClN5OS2/c1-9-5-10(3-4-11(9)16)12-6-23-14(18-12)19-13(22)7-24-15-20-17-8-21(15)2/h3-6,8H,7H2,1-2H3,(H,18,19,22). The summed E-state index contributed by atoms with van der Waals surface area (Å²) in [6.07, 6.45) is 1.60. The summed E-state index contributed by atoms with van der Waals surface area (Å²) >= 11 is 8.76. The molecule has 1 amide bonds. The molecule has 0 saturated heterocycles. The molecular weight excluding hydrogens is 366 g/mol. The van der Waals surface area contributed by atoms with Gasteiger partial charge in [-0.2, -0.15) is 0 Å². The summed E-state index contributed by atoms with van der Waals surface area (Å²) in [7, 11) is 1.83. The van der Waals surface area contributed by atoms with E-state index < -0.39 is 0 Å². The lowest BCUT2D eigenvalue weighted by Crippen LogP contribution is -2.14. The van der Waals surface area contributed by atoms with Crippen LogP contribution in [0.25, 0.3) is 11.3 Å². The molecule has 0 unspecified atom stereocenters. The minimum atomic E-state index is -0.129. The van der Waals surface area contributed by atoms with Gasteiger partial charge in [0.05, 0.1) is 11.4 Å². The molecule has 3 rings (SSSR count). The lowest BCUT2D eigenvalue weighted by atomic mass is 10.1. The number of carbonyl (C=O) groups excluding carboxylic acids is 1. The highest BCUT2D eigenvalue weighted by Gasteiger charge is 2.11. The molecule has 0 bridgehead atoms. The molecule has 3 aromatic rings. The van der Waals surface area contributed by atoms with Crippen LogP contribution in [0.1, 0.15) is 5.56 Å². The van der Waals surface area contributed by atoms with Crippen LogP contribution < -0.4 is 5.32 Å². The normalized spacial score (nSPS) is 10.8. The molecule has 0 aliphatic heterocycles. The summed E-state index contributed by atoms with van der Waals surface area (Å²) < 4.78 is 1.77. The average Bonchev–Trinajstić information content (AvgIpc) is 3.17. The lowest BCUT2D eigenvalue weighted by Gasteiger charge is -2.02. The van der Waals surface area contributed by atoms with Crippen molar-refractivity contribution in [3.63, 3.8) is 0 Å². The molecule has 0 fully saturated rings. The van der Waals surface area contributed by atoms with Crippen molar-refractivity contribution in [3.05, 3.63) is 40.5 Å². The number of nitrogens with zero attached hydrogens (tertiary/aromatic N) is 4. The summed E-state index contributed by atoms with van der Waals surface area (Å²) in [6, 6.07) is 5.74. The first-order valence-corrected chi connectivity index (χ1v) is 9.26. The van der Waals surface area contributed by atoms with E-state index in [0.29, 0.717) is 10.3 Å². The van der Waals surface area contributed by atoms with E-state index in [1.54, 1.807) is 10.9 Å². The minimum absolute atomic E-state index is 0.129. The van der Waals surface area contributed by atoms with Crippen LogP contribution in [0, 0.1) is 6.92 Å². The molecule has 124 valence electrons. The molecule has 0 spiro atoms. The Morgan fingerprint density at radius 2 is 2.29 bits per heavy atom. The van der Waals surface area contributed by atoms with E-state index in [1.807, 2.05) is 37.6 Å². The fraction of sp³-hybridized carbons (Fsp3) is 0.200. The van der Waals surface area contributed by atoms with E-state index in [2.05, 4.69) is 20.5 Å². The first-order chi connectivity index (χ1) is 11.5. The number of rotatable bonds is 5. The number of carbonyl (C=O) groups is 1. The zero-order valence-electron chi connectivity index (χ0n) is 13.0. The number of benzene rings is 1. The van der Waals surface area contributed by atoms with Crippen molar-refractivity contribution in [2.45, 2.75) is 12.1 Å². The number of thiazole rings is 1. The fourth-order valence-electron chi connectivity index (χ4n) is 1.96. The molecular formula is C15H14ClN5OS2. The second-order valence-corrected chi connectivity index (χ2v) is 7.27. The largest absolute Gasteiger partial charge is 0.312 e. The van der Waals surface area contributed by atoms with E-state index in [4.69, 9.17) is 11.6 Å². The quantitative estimate of drug-likeness (QED) is 0.685. The molecule has 0 atom stereocenters. The Hall–Kier alpha value is -1.90. The van der Waals surface area contributed by atoms with Crippen molar-refractivity contribution < 1.29 is 4.79 Å². The van der Waals surface area contributed by atoms with Crippen LogP contribution >= 0.6 is 34.7 Å². The average molecular weight is 380 g/mol. The molecule has 1 N–H and O–H groups in total. The number of amides is 1. The summed E-state index contributed by atoms with van der Waals surface area (Å²) in [5.41, 5.74) is 2.78. The van der Waals surface area contributed by atoms with Crippen molar-refractivity contribution in [2.75, 3.05) is 11.1 Å². The molecule has 0 radical (unpaired) electrons. The summed E-state index contributed by atoms with van der Waals surface area (Å²) in [4.78, 5) is 16.5. The van der Waals surface area contributed by atoms with Gasteiger partial charge in [-0.1, -0.05) is 29.4 Å². The van der Waals surface area contributed by atoms with Crippen LogP contribution in [0.2, 0.25) is 5.02 Å². The second kappa shape index (κ2) is 7.33. The summed E-state index contributed by atoms with van der Waals surface area (Å²) in [6.45, 7) is 1.95. The Balaban J connectivity index is 1.62. The maximum atomic E-state index is 12.0. The Morgan fingerprint density at radius 1 is 1.46 bits per heavy atom. The van der Waals surface area contributed by atoms with E-state index in [-0.39, 0.29) is 11.7 Å². The Morgan fingerprint density at radius 3 is 3.00 bits per heavy atom. The third-order valence-corrected chi connectivity index (χ3v) is 5.42. The van der Waals surface area contributed by atoms with Gasteiger partial charge in [0.2, 0.25) is 5.91 Å². The van der Waals surface area contributed by atoms with Gasteiger partial charge in [0, 0.05) is 23.0 Å². The van der Waals surface area contributed by atoms with E-state index in [0.717, 1.165) is 21.8 Å². The molecule has 2 heterocycles. The van der Waals surface area contributed by atoms with Crippen LogP contribution in [0.5, 0.6) is 0 Å². The minimum Gasteiger partial charge on any atom is -0.312 e. The van der Waals surface area contributed by atoms with Gasteiger partial charge >= 0.3 is 0 Å². The SMILES string of the molecule is Cc1cc(-c2csc(NC(=O)CSc3nncn3C)n2)ccc1Cl. The van der Waals surface area contributed by atoms with Gasteiger partial charge in [0.25, 0.3) is 0 Å². The number of anilines is 1. The highest BCUT2D eigenvalue weighted by atomic mass is 35.5. The number of hydrogen-bond acceptors (Lipinski definition) is 6. The van der Waals surface area contributed by atoms with E-state index in [1.165, 1.54) is 23.1 Å². The molecule has 6 nitrogen and oxygen atoms in total. The van der Waals surface area contributed by atoms with Gasteiger partial charge in [0.1, 0.15) is 6.33 Å². The molecule has 2 aromatic heterocycles. The van der Waals surface area contributed by atoms with Crippen LogP contribution in [-0.4, -0.2) is 31.4 Å². The molecule has 24 heavy (non-hydrogen) atoms. The lowest BCUT2D eigenvalue weighted by molar-refractivity contribution is -0.113. The van der Waals surface area contributed by atoms with Gasteiger partial charge in [-0.3, -0.25) is 4.79 Å². The smallest absolute Gasteiger partial charge is 0.236 e. The first-order valence-electron chi connectivity index (χ1n) is 7.01. The number of aryl methyl sites for hydroxylation is 2. The predicted molar refractivity (Wildman–Crippen MR) is 97.7 cm³/mol. The topological polar surface area (TPSA) is 72.7 Å². The van der Waals surface area contributed by atoms with Crippen LogP contribution in [-0.2, 0) is 11.8 Å². The van der Waals surface area contributed by atoms with Gasteiger partial charge in [0.15, 0.2) is 10.3 Å². The fourth-order valence-corrected chi connectivity index (χ4v) is 3.50. The first kappa shape index (κ1) is 16.9. The summed E-state index contributed by atoms with van der Waals surface area (Å²) in [5.74, 6) is 0.123. The number of aromatic nitrogens is 4. The Kier molecular flexibility index (Phi) is 5.17. The van der Waals surface area contributed by atoms with Crippen molar-refractivity contribution in [1.29, 1.82) is 0 Å². The van der Waals surface area contributed by atoms with Gasteiger partial charge in [-0.15, -0.1) is 21.5 Å². The van der Waals surface area contributed by atoms with Gasteiger partial charge < -0.3 is 9.88 Å². The molecule has 0 saturated carbocycles. The highest BCUT2D eigenvalue weighted by Crippen LogP contribution is 2.28. The third-order valence-electron chi connectivity index (χ3n) is 3.21. The third kappa shape index (κ3) is 3.95. The van der Waals surface area contributed by atoms with Crippen LogP contribution in [0.4, 0.5) is 5.13 Å². The van der Waals surface area contributed by atoms with E-state index >= 15 is 0 Å². The van der Waals surface area contributed by atoms with Crippen LogP contribution in [0.15, 0.2) is 35.1 Å². The predicted octanol–water partition coefficient (Wildman–Crippen LogP) is 3.63. The number of thioether (sulfide) groups is 1. The van der Waals surface area contributed by atoms with Crippen molar-refractivity contribution in [2.24, 2.45) is 7.05 Å². The number of hydrogen-bond donors (Lipinski definition) is 1. The number of halogens is 1. The Labute approximate surface area is 152 Å². The maximum absolute atomic E-state index is 12.0. The molecule has 1 aromatic carbocycles. The van der Waals surface area contributed by atoms with Gasteiger partial charge in [-0.25, -0.2) is 4.98 Å². The number of nitrogens with one attached hydrogen (secondary N) is 1. The van der Waals surface area contributed by atoms with Crippen molar-refractivity contribution in [3.8, 4) is 11.3 Å². The zero-order chi connectivity index (χ0) is 17.1. The van der Waals surface area contributed by atoms with Crippen LogP contribution in [0.3, 0.4) is 0 Å². The molecule has 0 aliphatic carbocycles. The van der Waals surface area contributed by atoms with Crippen molar-refractivity contribution >= 4 is 45.7 Å². The maximum Gasteiger partial charge on any atom is 0.236 e. The van der Waals surface area contributed by atoms with E-state index in [9.17, 15) is 4.79 Å². The highest BCUT2D eigenvalue weighted by molar-refractivity contribution is 7.99. The van der Waals surface area contributed by atoms with Gasteiger partial charge in [-0.05, 0) is 24.6 Å². The van der Waals surface area contributed by atoms with Crippen molar-refractivity contribution in [1.82, 2.24) is 19.7 Å². The molecule has 0 aliphatic rings.